The van der Waals surface area contributed by atoms with Crippen LogP contribution in [0.4, 0.5) is 0 Å². The summed E-state index contributed by atoms with van der Waals surface area (Å²) in [4.78, 5) is 3.78. The lowest BCUT2D eigenvalue weighted by molar-refractivity contribution is 1.33. The predicted octanol–water partition coefficient (Wildman–Crippen LogP) is 6.43. The van der Waals surface area contributed by atoms with Crippen LogP contribution in [0.1, 0.15) is 25.0 Å². The smallest absolute Gasteiger partial charge is 0.0267 e. The van der Waals surface area contributed by atoms with E-state index in [1.54, 1.807) is 12.4 Å². The molecule has 1 aromatic heterocycles. The zero-order valence-corrected chi connectivity index (χ0v) is 14.4. The molecule has 23 heavy (non-hydrogen) atoms. The van der Waals surface area contributed by atoms with E-state index in [-0.39, 0.29) is 0 Å². The Morgan fingerprint density at radius 1 is 0.696 bits per heavy atom. The van der Waals surface area contributed by atoms with Crippen LogP contribution < -0.4 is 0 Å². The second-order valence-electron chi connectivity index (χ2n) is 4.29. The van der Waals surface area contributed by atoms with Crippen molar-refractivity contribution in [2.75, 3.05) is 0 Å². The fourth-order valence-corrected chi connectivity index (χ4v) is 1.44. The van der Waals surface area contributed by atoms with Crippen LogP contribution in [0.25, 0.3) is 6.08 Å². The van der Waals surface area contributed by atoms with Crippen LogP contribution in [-0.4, -0.2) is 4.98 Å². The molecule has 0 fully saturated rings. The molecule has 0 N–H and O–H groups in total. The number of rotatable bonds is 1. The topological polar surface area (TPSA) is 12.9 Å². The van der Waals surface area contributed by atoms with Crippen molar-refractivity contribution < 1.29 is 0 Å². The van der Waals surface area contributed by atoms with E-state index in [0.29, 0.717) is 0 Å². The van der Waals surface area contributed by atoms with E-state index in [4.69, 9.17) is 0 Å². The molecule has 120 valence electrons. The Bertz CT molecular complexity index is 547. The first-order chi connectivity index (χ1) is 11.3. The van der Waals surface area contributed by atoms with Crippen molar-refractivity contribution in [2.24, 2.45) is 0 Å². The minimum absolute atomic E-state index is 1.17. The van der Waals surface area contributed by atoms with E-state index < -0.39 is 0 Å². The van der Waals surface area contributed by atoms with Crippen molar-refractivity contribution in [3.8, 4) is 0 Å². The third kappa shape index (κ3) is 12.8. The van der Waals surface area contributed by atoms with Crippen molar-refractivity contribution in [1.29, 1.82) is 0 Å². The van der Waals surface area contributed by atoms with E-state index in [1.807, 2.05) is 86.7 Å². The van der Waals surface area contributed by atoms with Crippen LogP contribution in [0.15, 0.2) is 97.8 Å². The molecule has 0 aliphatic rings. The van der Waals surface area contributed by atoms with Crippen molar-refractivity contribution in [3.63, 3.8) is 0 Å². The predicted molar refractivity (Wildman–Crippen MR) is 103 cm³/mol. The van der Waals surface area contributed by atoms with Crippen LogP contribution in [0.3, 0.4) is 0 Å². The van der Waals surface area contributed by atoms with Gasteiger partial charge in [-0.2, -0.15) is 0 Å². The van der Waals surface area contributed by atoms with E-state index in [0.717, 1.165) is 0 Å². The standard InChI is InChI=1S/C8H8.C7H8.C5H5N.C2H6/c1-2-8-6-4-3-5-7-8;1-7-5-3-2-4-6-7;1-2-4-6-5-3-1;1-2/h2-7H,1H2;2-6H,1H3;1-5H;1-2H3. The van der Waals surface area contributed by atoms with Gasteiger partial charge in [-0.15, -0.1) is 0 Å². The lowest BCUT2D eigenvalue weighted by Crippen LogP contribution is -1.63. The summed E-state index contributed by atoms with van der Waals surface area (Å²) in [5.41, 5.74) is 2.50. The Morgan fingerprint density at radius 2 is 1.13 bits per heavy atom. The van der Waals surface area contributed by atoms with Crippen molar-refractivity contribution in [3.05, 3.63) is 109 Å². The summed E-state index contributed by atoms with van der Waals surface area (Å²) >= 11 is 0. The molecule has 0 radical (unpaired) electrons. The maximum absolute atomic E-state index is 3.78. The number of pyridine rings is 1. The van der Waals surface area contributed by atoms with Gasteiger partial charge in [-0.1, -0.05) is 98.8 Å². The molecular formula is C22H27N. The summed E-state index contributed by atoms with van der Waals surface area (Å²) < 4.78 is 0. The average molecular weight is 305 g/mol. The van der Waals surface area contributed by atoms with Crippen LogP contribution in [-0.2, 0) is 0 Å². The first-order valence-corrected chi connectivity index (χ1v) is 7.87. The van der Waals surface area contributed by atoms with Gasteiger partial charge < -0.3 is 0 Å². The third-order valence-corrected chi connectivity index (χ3v) is 2.54. The van der Waals surface area contributed by atoms with Gasteiger partial charge in [0.25, 0.3) is 0 Å². The highest BCUT2D eigenvalue weighted by Gasteiger charge is 1.75. The highest BCUT2D eigenvalue weighted by Crippen LogP contribution is 1.97. The Kier molecular flexibility index (Phi) is 13.9. The summed E-state index contributed by atoms with van der Waals surface area (Å²) in [5.74, 6) is 0. The number of nitrogens with zero attached hydrogens (tertiary/aromatic N) is 1. The Morgan fingerprint density at radius 3 is 1.35 bits per heavy atom. The van der Waals surface area contributed by atoms with Crippen molar-refractivity contribution >= 4 is 6.08 Å². The second kappa shape index (κ2) is 15.7. The molecule has 0 saturated carbocycles. The SMILES string of the molecule is C=Cc1ccccc1.CC.Cc1ccccc1.c1ccncc1. The molecule has 1 heteroatoms. The van der Waals surface area contributed by atoms with Crippen LogP contribution in [0, 0.1) is 6.92 Å². The van der Waals surface area contributed by atoms with Crippen LogP contribution in [0.2, 0.25) is 0 Å². The maximum Gasteiger partial charge on any atom is 0.0267 e. The molecule has 2 aromatic carbocycles. The minimum Gasteiger partial charge on any atom is -0.265 e. The van der Waals surface area contributed by atoms with E-state index >= 15 is 0 Å². The van der Waals surface area contributed by atoms with Crippen LogP contribution >= 0.6 is 0 Å². The van der Waals surface area contributed by atoms with Gasteiger partial charge in [0, 0.05) is 12.4 Å². The van der Waals surface area contributed by atoms with Gasteiger partial charge in [0.2, 0.25) is 0 Å². The van der Waals surface area contributed by atoms with E-state index in [2.05, 4.69) is 30.6 Å². The number of aryl methyl sites for hydroxylation is 1. The number of aromatic nitrogens is 1. The number of benzene rings is 2. The summed E-state index contributed by atoms with van der Waals surface area (Å²) in [5, 5.41) is 0. The zero-order chi connectivity index (χ0) is 17.2. The molecule has 3 aromatic rings. The van der Waals surface area contributed by atoms with Crippen molar-refractivity contribution in [1.82, 2.24) is 4.98 Å². The highest BCUT2D eigenvalue weighted by molar-refractivity contribution is 5.45. The van der Waals surface area contributed by atoms with Crippen LogP contribution in [0.5, 0.6) is 0 Å². The summed E-state index contributed by atoms with van der Waals surface area (Å²) in [6, 6.07) is 26.0. The quantitative estimate of drug-likeness (QED) is 0.504. The Balaban J connectivity index is 0.000000302. The first kappa shape index (κ1) is 20.3. The van der Waals surface area contributed by atoms with Gasteiger partial charge in [-0.25, -0.2) is 0 Å². The molecule has 0 amide bonds. The fraction of sp³-hybridized carbons (Fsp3) is 0.136. The second-order valence-corrected chi connectivity index (χ2v) is 4.29. The van der Waals surface area contributed by atoms with Gasteiger partial charge in [-0.3, -0.25) is 4.98 Å². The highest BCUT2D eigenvalue weighted by atomic mass is 14.6. The lowest BCUT2D eigenvalue weighted by atomic mass is 10.2. The van der Waals surface area contributed by atoms with Crippen molar-refractivity contribution in [2.45, 2.75) is 20.8 Å². The maximum atomic E-state index is 3.78. The van der Waals surface area contributed by atoms with Gasteiger partial charge in [0.05, 0.1) is 0 Å². The summed E-state index contributed by atoms with van der Waals surface area (Å²) in [7, 11) is 0. The Labute approximate surface area is 141 Å². The number of hydrogen-bond acceptors (Lipinski definition) is 1. The monoisotopic (exact) mass is 305 g/mol. The molecule has 0 spiro atoms. The summed E-state index contributed by atoms with van der Waals surface area (Å²) in [6.45, 7) is 9.71. The molecule has 0 unspecified atom stereocenters. The number of hydrogen-bond donors (Lipinski definition) is 0. The molecule has 0 bridgehead atoms. The Hall–Kier alpha value is -2.67. The van der Waals surface area contributed by atoms with Gasteiger partial charge in [0.1, 0.15) is 0 Å². The fourth-order valence-electron chi connectivity index (χ4n) is 1.44. The molecule has 0 saturated heterocycles. The lowest BCUT2D eigenvalue weighted by Gasteiger charge is -1.85. The minimum atomic E-state index is 1.17. The first-order valence-electron chi connectivity index (χ1n) is 7.87. The van der Waals surface area contributed by atoms with Gasteiger partial charge >= 0.3 is 0 Å². The van der Waals surface area contributed by atoms with Gasteiger partial charge in [0.15, 0.2) is 0 Å². The summed E-state index contributed by atoms with van der Waals surface area (Å²) in [6.07, 6.45) is 5.33. The molecular weight excluding hydrogens is 278 g/mol. The molecule has 3 rings (SSSR count). The van der Waals surface area contributed by atoms with E-state index in [1.165, 1.54) is 11.1 Å². The third-order valence-electron chi connectivity index (χ3n) is 2.54. The zero-order valence-electron chi connectivity index (χ0n) is 14.4. The molecule has 1 heterocycles. The normalized spacial score (nSPS) is 7.96. The average Bonchev–Trinajstić information content (AvgIpc) is 2.67. The van der Waals surface area contributed by atoms with Gasteiger partial charge in [-0.05, 0) is 24.6 Å². The molecule has 0 atom stereocenters. The largest absolute Gasteiger partial charge is 0.265 e. The molecule has 0 aliphatic heterocycles. The molecule has 1 nitrogen and oxygen atoms in total. The van der Waals surface area contributed by atoms with E-state index in [9.17, 15) is 0 Å². The molecule has 0 aliphatic carbocycles.